The molecule has 3 aromatic rings. The van der Waals surface area contributed by atoms with Gasteiger partial charge in [0.15, 0.2) is 0 Å². The van der Waals surface area contributed by atoms with E-state index >= 15 is 0 Å². The number of benzene rings is 2. The molecule has 2 aromatic carbocycles. The standard InChI is InChI=1S/C29H34N4O5/c1-29-18-23-22-17-21(38-15-14-37-2)8-9-24(22)30-25(23)26(19-6-5-7-20(34)16-19)33(29)28(36)32(27(29)35)13-12-31-10-3-4-11-31/h5-9,16-17,26,30,34H,3-4,10-15,18H2,1-2H3. The van der Waals surface area contributed by atoms with E-state index in [1.165, 1.54) is 4.90 Å². The number of hydrogen-bond acceptors (Lipinski definition) is 6. The molecule has 0 spiro atoms. The molecule has 0 saturated carbocycles. The number of imide groups is 1. The molecular formula is C29H34N4O5. The quantitative estimate of drug-likeness (QED) is 0.349. The van der Waals surface area contributed by atoms with Crippen molar-refractivity contribution in [1.29, 1.82) is 0 Å². The number of hydrogen-bond donors (Lipinski definition) is 2. The number of phenolic OH excluding ortho intramolecular Hbond substituents is 1. The predicted octanol–water partition coefficient (Wildman–Crippen LogP) is 3.66. The van der Waals surface area contributed by atoms with Gasteiger partial charge in [0.05, 0.1) is 6.61 Å². The second-order valence-electron chi connectivity index (χ2n) is 10.7. The minimum absolute atomic E-state index is 0.116. The molecule has 0 aliphatic carbocycles. The van der Waals surface area contributed by atoms with Gasteiger partial charge in [0.1, 0.15) is 29.7 Å². The smallest absolute Gasteiger partial charge is 0.328 e. The maximum Gasteiger partial charge on any atom is 0.328 e. The number of carbonyl (C=O) groups is 2. The van der Waals surface area contributed by atoms with E-state index in [0.29, 0.717) is 32.7 Å². The zero-order valence-corrected chi connectivity index (χ0v) is 21.9. The van der Waals surface area contributed by atoms with Crippen molar-refractivity contribution in [3.8, 4) is 11.5 Å². The Morgan fingerprint density at radius 3 is 2.66 bits per heavy atom. The molecule has 9 heteroatoms. The van der Waals surface area contributed by atoms with Gasteiger partial charge in [-0.25, -0.2) is 4.79 Å². The van der Waals surface area contributed by atoms with E-state index in [9.17, 15) is 14.7 Å². The van der Waals surface area contributed by atoms with Gasteiger partial charge in [-0.05, 0) is 74.3 Å². The molecule has 2 N–H and O–H groups in total. The Morgan fingerprint density at radius 2 is 1.89 bits per heavy atom. The number of rotatable bonds is 8. The maximum absolute atomic E-state index is 14.0. The van der Waals surface area contributed by atoms with Crippen molar-refractivity contribution in [3.05, 3.63) is 59.3 Å². The van der Waals surface area contributed by atoms with E-state index in [1.54, 1.807) is 30.2 Å². The van der Waals surface area contributed by atoms with Crippen LogP contribution in [0.5, 0.6) is 11.5 Å². The van der Waals surface area contributed by atoms with E-state index in [-0.39, 0.29) is 17.7 Å². The number of urea groups is 1. The second kappa shape index (κ2) is 9.63. The molecular weight excluding hydrogens is 484 g/mol. The largest absolute Gasteiger partial charge is 0.508 e. The molecule has 6 rings (SSSR count). The Hall–Kier alpha value is -3.56. The number of nitrogens with one attached hydrogen (secondary N) is 1. The van der Waals surface area contributed by atoms with E-state index in [1.807, 2.05) is 31.2 Å². The number of methoxy groups -OCH3 is 1. The lowest BCUT2D eigenvalue weighted by molar-refractivity contribution is -0.133. The Balaban J connectivity index is 1.43. The minimum Gasteiger partial charge on any atom is -0.508 e. The van der Waals surface area contributed by atoms with Crippen molar-refractivity contribution in [2.75, 3.05) is 46.5 Å². The molecule has 2 unspecified atom stereocenters. The molecule has 1 aromatic heterocycles. The minimum atomic E-state index is -1.05. The van der Waals surface area contributed by atoms with Gasteiger partial charge in [0.25, 0.3) is 5.91 Å². The van der Waals surface area contributed by atoms with Gasteiger partial charge in [-0.1, -0.05) is 12.1 Å². The van der Waals surface area contributed by atoms with Crippen LogP contribution in [-0.4, -0.2) is 88.8 Å². The number of fused-ring (bicyclic) bond motifs is 4. The summed E-state index contributed by atoms with van der Waals surface area (Å²) in [6.07, 6.45) is 2.71. The first-order chi connectivity index (χ1) is 18.4. The number of ether oxygens (including phenoxy) is 2. The Morgan fingerprint density at radius 1 is 1.08 bits per heavy atom. The summed E-state index contributed by atoms with van der Waals surface area (Å²) < 4.78 is 11.0. The summed E-state index contributed by atoms with van der Waals surface area (Å²) in [5, 5.41) is 11.3. The van der Waals surface area contributed by atoms with Gasteiger partial charge in [-0.15, -0.1) is 0 Å². The fourth-order valence-corrected chi connectivity index (χ4v) is 6.31. The van der Waals surface area contributed by atoms with Gasteiger partial charge in [-0.3, -0.25) is 14.6 Å². The fraction of sp³-hybridized carbons (Fsp3) is 0.448. The number of phenols is 1. The van der Waals surface area contributed by atoms with Crippen molar-refractivity contribution >= 4 is 22.8 Å². The highest BCUT2D eigenvalue weighted by molar-refractivity contribution is 6.08. The summed E-state index contributed by atoms with van der Waals surface area (Å²) in [6, 6.07) is 12.0. The van der Waals surface area contributed by atoms with Crippen molar-refractivity contribution < 1.29 is 24.2 Å². The van der Waals surface area contributed by atoms with Crippen LogP contribution in [0, 0.1) is 0 Å². The molecule has 3 amide bonds. The zero-order chi connectivity index (χ0) is 26.4. The average Bonchev–Trinajstić information content (AvgIpc) is 3.59. The lowest BCUT2D eigenvalue weighted by Crippen LogP contribution is -2.53. The number of aromatic nitrogens is 1. The number of carbonyl (C=O) groups excluding carboxylic acids is 2. The number of H-pyrrole nitrogens is 1. The molecule has 9 nitrogen and oxygen atoms in total. The second-order valence-corrected chi connectivity index (χ2v) is 10.7. The topological polar surface area (TPSA) is 98.3 Å². The molecule has 38 heavy (non-hydrogen) atoms. The predicted molar refractivity (Wildman–Crippen MR) is 142 cm³/mol. The third-order valence-electron chi connectivity index (χ3n) is 8.22. The highest BCUT2D eigenvalue weighted by Crippen LogP contribution is 2.49. The number of aromatic amines is 1. The lowest BCUT2D eigenvalue weighted by Gasteiger charge is -2.42. The highest BCUT2D eigenvalue weighted by Gasteiger charge is 2.60. The normalized spacial score (nSPS) is 23.4. The van der Waals surface area contributed by atoms with Crippen molar-refractivity contribution in [2.24, 2.45) is 0 Å². The number of nitrogens with zero attached hydrogens (tertiary/aromatic N) is 3. The first kappa shape index (κ1) is 24.8. The van der Waals surface area contributed by atoms with Crippen LogP contribution in [0.3, 0.4) is 0 Å². The summed E-state index contributed by atoms with van der Waals surface area (Å²) in [4.78, 5) is 36.9. The van der Waals surface area contributed by atoms with E-state index in [4.69, 9.17) is 9.47 Å². The molecule has 0 radical (unpaired) electrons. The van der Waals surface area contributed by atoms with Crippen LogP contribution in [0.1, 0.15) is 42.6 Å². The molecule has 2 atom stereocenters. The molecule has 0 bridgehead atoms. The van der Waals surface area contributed by atoms with E-state index in [2.05, 4.69) is 9.88 Å². The van der Waals surface area contributed by atoms with Crippen LogP contribution in [-0.2, 0) is 16.0 Å². The first-order valence-electron chi connectivity index (χ1n) is 13.3. The number of likely N-dealkylation sites (tertiary alicyclic amines) is 1. The van der Waals surface area contributed by atoms with Crippen LogP contribution in [0.4, 0.5) is 4.79 Å². The molecule has 200 valence electrons. The van der Waals surface area contributed by atoms with Crippen molar-refractivity contribution in [3.63, 3.8) is 0 Å². The fourth-order valence-electron chi connectivity index (χ4n) is 6.31. The monoisotopic (exact) mass is 518 g/mol. The Kier molecular flexibility index (Phi) is 6.28. The number of aromatic hydroxyl groups is 1. The third kappa shape index (κ3) is 4.01. The molecule has 4 heterocycles. The van der Waals surface area contributed by atoms with E-state index in [0.717, 1.165) is 59.4 Å². The molecule has 3 aliphatic rings. The SMILES string of the molecule is COCCOc1ccc2[nH]c3c(c2c1)CC1(C)C(=O)N(CCN2CCCC2)C(=O)N1C3c1cccc(O)c1. The van der Waals surface area contributed by atoms with Gasteiger partial charge in [0.2, 0.25) is 0 Å². The molecule has 2 fully saturated rings. The summed E-state index contributed by atoms with van der Waals surface area (Å²) in [5.41, 5.74) is 2.47. The Labute approximate surface area is 221 Å². The molecule has 3 aliphatic heterocycles. The number of amides is 3. The van der Waals surface area contributed by atoms with Crippen LogP contribution >= 0.6 is 0 Å². The summed E-state index contributed by atoms with van der Waals surface area (Å²) >= 11 is 0. The Bertz CT molecular complexity index is 1380. The van der Waals surface area contributed by atoms with Gasteiger partial charge in [-0.2, -0.15) is 0 Å². The van der Waals surface area contributed by atoms with Crippen molar-refractivity contribution in [1.82, 2.24) is 19.7 Å². The maximum atomic E-state index is 14.0. The summed E-state index contributed by atoms with van der Waals surface area (Å²) in [6.45, 7) is 5.88. The highest BCUT2D eigenvalue weighted by atomic mass is 16.5. The third-order valence-corrected chi connectivity index (χ3v) is 8.22. The van der Waals surface area contributed by atoms with Crippen LogP contribution in [0.2, 0.25) is 0 Å². The summed E-state index contributed by atoms with van der Waals surface area (Å²) in [7, 11) is 1.64. The van der Waals surface area contributed by atoms with Gasteiger partial charge >= 0.3 is 6.03 Å². The average molecular weight is 519 g/mol. The molecule has 2 saturated heterocycles. The summed E-state index contributed by atoms with van der Waals surface area (Å²) in [5.74, 6) is 0.670. The zero-order valence-electron chi connectivity index (χ0n) is 21.9. The van der Waals surface area contributed by atoms with Gasteiger partial charge < -0.3 is 24.5 Å². The first-order valence-corrected chi connectivity index (χ1v) is 13.3. The van der Waals surface area contributed by atoms with Crippen LogP contribution < -0.4 is 4.74 Å². The van der Waals surface area contributed by atoms with Crippen LogP contribution in [0.25, 0.3) is 10.9 Å². The van der Waals surface area contributed by atoms with Crippen molar-refractivity contribution in [2.45, 2.75) is 37.8 Å². The van der Waals surface area contributed by atoms with Gasteiger partial charge in [0, 0.05) is 43.2 Å². The van der Waals surface area contributed by atoms with E-state index < -0.39 is 11.6 Å². The lowest BCUT2D eigenvalue weighted by atomic mass is 9.81. The van der Waals surface area contributed by atoms with Crippen LogP contribution in [0.15, 0.2) is 42.5 Å².